The summed E-state index contributed by atoms with van der Waals surface area (Å²) in [5.41, 5.74) is 2.23. The van der Waals surface area contributed by atoms with Gasteiger partial charge in [0.25, 0.3) is 0 Å². The van der Waals surface area contributed by atoms with Crippen molar-refractivity contribution >= 4 is 64.3 Å². The van der Waals surface area contributed by atoms with Crippen LogP contribution < -0.4 is 21.2 Å². The highest BCUT2D eigenvalue weighted by Gasteiger charge is 2.56. The zero-order valence-corrected chi connectivity index (χ0v) is 19.7. The number of benzene rings is 1. The van der Waals surface area contributed by atoms with E-state index in [1.54, 1.807) is 30.1 Å². The summed E-state index contributed by atoms with van der Waals surface area (Å²) in [4.78, 5) is 46.8. The number of allylic oxidation sites excluding steroid dienone is 4. The van der Waals surface area contributed by atoms with Gasteiger partial charge in [-0.1, -0.05) is 0 Å². The second-order valence-corrected chi connectivity index (χ2v) is 11.1. The van der Waals surface area contributed by atoms with Crippen molar-refractivity contribution in [3.8, 4) is 5.75 Å². The average molecular weight is 497 g/mol. The van der Waals surface area contributed by atoms with Crippen LogP contribution in [0.25, 0.3) is 5.57 Å². The summed E-state index contributed by atoms with van der Waals surface area (Å²) in [6.07, 6.45) is 6.36. The summed E-state index contributed by atoms with van der Waals surface area (Å²) < 4.78 is 0. The van der Waals surface area contributed by atoms with Gasteiger partial charge in [-0.2, -0.15) is 0 Å². The van der Waals surface area contributed by atoms with Crippen molar-refractivity contribution < 1.29 is 24.6 Å². The number of thioether (sulfide) groups is 2. The number of hydrogen-bond acceptors (Lipinski definition) is 9. The number of aromatic hydroxyl groups is 1. The average Bonchev–Trinajstić information content (AvgIpc) is 3.34. The number of carbonyl (C=O) groups is 3. The van der Waals surface area contributed by atoms with Gasteiger partial charge in [-0.15, -0.1) is 23.5 Å². The highest BCUT2D eigenvalue weighted by molar-refractivity contribution is 8.05. The van der Waals surface area contributed by atoms with Gasteiger partial charge in [-0.05, 0) is 30.6 Å². The Kier molecular flexibility index (Phi) is 4.72. The third-order valence-corrected chi connectivity index (χ3v) is 9.27. The molecule has 1 amide bonds. The van der Waals surface area contributed by atoms with E-state index >= 15 is 0 Å². The molecule has 1 spiro atoms. The van der Waals surface area contributed by atoms with Gasteiger partial charge in [-0.25, -0.2) is 4.79 Å². The molecule has 4 heterocycles. The molecular weight excluding hydrogens is 476 g/mol. The zero-order valence-electron chi connectivity index (χ0n) is 18.0. The van der Waals surface area contributed by atoms with Crippen LogP contribution in [0.5, 0.6) is 5.75 Å². The fourth-order valence-electron chi connectivity index (χ4n) is 5.36. The maximum Gasteiger partial charge on any atom is 0.327 e. The van der Waals surface area contributed by atoms with Gasteiger partial charge >= 0.3 is 5.97 Å². The van der Waals surface area contributed by atoms with E-state index in [-0.39, 0.29) is 22.7 Å². The zero-order chi connectivity index (χ0) is 23.8. The summed E-state index contributed by atoms with van der Waals surface area (Å²) in [6, 6.07) is -1.10. The van der Waals surface area contributed by atoms with Crippen molar-refractivity contribution in [2.24, 2.45) is 9.98 Å². The van der Waals surface area contributed by atoms with Crippen molar-refractivity contribution in [3.05, 3.63) is 38.1 Å². The molecule has 0 aromatic heterocycles. The van der Waals surface area contributed by atoms with Crippen LogP contribution in [0.1, 0.15) is 25.3 Å². The number of nitrogens with one attached hydrogen (secondary N) is 2. The molecule has 6 rings (SSSR count). The van der Waals surface area contributed by atoms with Gasteiger partial charge in [0, 0.05) is 46.0 Å². The molecule has 4 N–H and O–H groups in total. The predicted molar refractivity (Wildman–Crippen MR) is 130 cm³/mol. The van der Waals surface area contributed by atoms with Gasteiger partial charge in [0.2, 0.25) is 5.91 Å². The molecule has 11 heteroatoms. The molecule has 0 radical (unpaired) electrons. The largest absolute Gasteiger partial charge is 0.504 e. The lowest BCUT2D eigenvalue weighted by Crippen LogP contribution is -2.46. The minimum Gasteiger partial charge on any atom is -0.504 e. The van der Waals surface area contributed by atoms with E-state index in [9.17, 15) is 24.6 Å². The van der Waals surface area contributed by atoms with Gasteiger partial charge in [0.1, 0.15) is 11.7 Å². The second-order valence-electron chi connectivity index (χ2n) is 8.77. The molecule has 1 aromatic rings. The fraction of sp³-hybridized carbons (Fsp3) is 0.348. The smallest absolute Gasteiger partial charge is 0.327 e. The van der Waals surface area contributed by atoms with E-state index < -0.39 is 23.3 Å². The second kappa shape index (κ2) is 7.47. The third kappa shape index (κ3) is 2.92. The molecule has 0 saturated carbocycles. The Bertz CT molecular complexity index is 1430. The van der Waals surface area contributed by atoms with E-state index in [2.05, 4.69) is 15.6 Å². The summed E-state index contributed by atoms with van der Waals surface area (Å²) in [5, 5.41) is 28.2. The number of aliphatic carboxylic acids is 1. The van der Waals surface area contributed by atoms with Crippen molar-refractivity contribution in [1.82, 2.24) is 5.32 Å². The number of carboxylic acid groups (broad SMARTS) is 1. The molecule has 34 heavy (non-hydrogen) atoms. The van der Waals surface area contributed by atoms with Crippen LogP contribution in [-0.4, -0.2) is 57.8 Å². The number of amides is 1. The molecule has 5 aliphatic rings. The monoisotopic (exact) mass is 496 g/mol. The van der Waals surface area contributed by atoms with Crippen molar-refractivity contribution in [2.75, 3.05) is 17.6 Å². The molecule has 1 aliphatic carbocycles. The quantitative estimate of drug-likeness (QED) is 0.444. The van der Waals surface area contributed by atoms with E-state index in [1.807, 2.05) is 0 Å². The standard InChI is InChI=1S/C23H20N4O5S2/c1-9(28)26-12(22(31)32)8-33-13-4-11(29)5-14-23(13)6-15(34-14)27-20-17(23)18-16-10(2-3-24-18)7-25-19(16)21(20)30/h4-5,7,12,15,27,30H,2-3,6,8H2,1H3,(H,26,28)(H,31,32)/t12-,15+,23-/m0/s1. The summed E-state index contributed by atoms with van der Waals surface area (Å²) in [6.45, 7) is 1.88. The normalized spacial score (nSPS) is 25.9. The van der Waals surface area contributed by atoms with Gasteiger partial charge in [0.15, 0.2) is 11.5 Å². The number of carbonyl (C=O) groups excluding carboxylic acids is 2. The number of anilines is 1. The molecule has 174 valence electrons. The summed E-state index contributed by atoms with van der Waals surface area (Å²) in [7, 11) is 0. The first-order valence-corrected chi connectivity index (χ1v) is 12.7. The van der Waals surface area contributed by atoms with Crippen molar-refractivity contribution in [1.29, 1.82) is 0 Å². The first-order chi connectivity index (χ1) is 16.3. The molecule has 3 atom stereocenters. The minimum atomic E-state index is -1.14. The van der Waals surface area contributed by atoms with Gasteiger partial charge in [-0.3, -0.25) is 19.6 Å². The van der Waals surface area contributed by atoms with Gasteiger partial charge < -0.3 is 20.8 Å². The molecule has 4 aliphatic heterocycles. The molecule has 9 nitrogen and oxygen atoms in total. The maximum atomic E-state index is 12.7. The van der Waals surface area contributed by atoms with Crippen LogP contribution in [0.3, 0.4) is 0 Å². The highest BCUT2D eigenvalue weighted by Crippen LogP contribution is 2.64. The third-order valence-electron chi connectivity index (χ3n) is 6.71. The first-order valence-electron chi connectivity index (χ1n) is 10.8. The molecule has 2 bridgehead atoms. The van der Waals surface area contributed by atoms with Crippen LogP contribution in [0.2, 0.25) is 0 Å². The Morgan fingerprint density at radius 2 is 2.24 bits per heavy atom. The highest BCUT2D eigenvalue weighted by atomic mass is 32.2. The van der Waals surface area contributed by atoms with Crippen LogP contribution >= 0.6 is 23.5 Å². The number of fused-ring (bicyclic) bond motifs is 3. The van der Waals surface area contributed by atoms with Crippen LogP contribution in [0.15, 0.2) is 31.9 Å². The number of hydrogen-bond donors (Lipinski definition) is 4. The summed E-state index contributed by atoms with van der Waals surface area (Å²) >= 11 is 2.80. The van der Waals surface area contributed by atoms with Crippen LogP contribution in [0.4, 0.5) is 11.4 Å². The maximum absolute atomic E-state index is 12.7. The molecule has 1 fully saturated rings. The SMILES string of the molecule is CC(=O)N[C@@H](CSC1=CC(=O)C=C2S[C@@H]3C[C@]12c1c(c(O)c2c4c1=NCCC=4C=N2)N3)C(=O)O. The van der Waals surface area contributed by atoms with Crippen LogP contribution in [-0.2, 0) is 19.8 Å². The van der Waals surface area contributed by atoms with E-state index in [0.29, 0.717) is 29.2 Å². The van der Waals surface area contributed by atoms with Crippen molar-refractivity contribution in [2.45, 2.75) is 36.6 Å². The Balaban J connectivity index is 1.54. The lowest BCUT2D eigenvalue weighted by Gasteiger charge is -2.39. The number of phenols is 1. The topological polar surface area (TPSA) is 140 Å². The first kappa shape index (κ1) is 21.5. The Morgan fingerprint density at radius 1 is 1.41 bits per heavy atom. The van der Waals surface area contributed by atoms with E-state index in [4.69, 9.17) is 4.99 Å². The number of phenolic OH excluding ortho intramolecular Hbond substituents is 1. The van der Waals surface area contributed by atoms with E-state index in [1.165, 1.54) is 18.7 Å². The number of nitrogens with zero attached hydrogens (tertiary/aromatic N) is 2. The number of carboxylic acids is 1. The predicted octanol–water partition coefficient (Wildman–Crippen LogP) is 1.08. The molecule has 1 aromatic carbocycles. The Hall–Kier alpha value is -3.05. The Morgan fingerprint density at radius 3 is 3.00 bits per heavy atom. The fourth-order valence-corrected chi connectivity index (χ4v) is 8.24. The molecule has 1 saturated heterocycles. The van der Waals surface area contributed by atoms with Gasteiger partial charge in [0.05, 0.1) is 21.8 Å². The molecule has 0 unspecified atom stereocenters. The van der Waals surface area contributed by atoms with Crippen molar-refractivity contribution in [3.63, 3.8) is 0 Å². The van der Waals surface area contributed by atoms with Crippen LogP contribution in [0, 0.1) is 0 Å². The summed E-state index contributed by atoms with van der Waals surface area (Å²) in [5.74, 6) is -1.60. The lowest BCUT2D eigenvalue weighted by atomic mass is 9.71. The lowest BCUT2D eigenvalue weighted by molar-refractivity contribution is -0.140. The number of aliphatic imine (C=N–C) groups is 1. The number of ketones is 1. The van der Waals surface area contributed by atoms with E-state index in [0.717, 1.165) is 33.0 Å². The Labute approximate surface area is 202 Å². The number of rotatable bonds is 5. The molecular formula is C23H20N4O5S2. The minimum absolute atomic E-state index is 0.0606.